The van der Waals surface area contributed by atoms with Crippen molar-refractivity contribution in [2.24, 2.45) is 0 Å². The molecule has 0 spiro atoms. The summed E-state index contributed by atoms with van der Waals surface area (Å²) in [5, 5.41) is 3.01. The molecule has 1 fully saturated rings. The molecule has 3 rings (SSSR count). The lowest BCUT2D eigenvalue weighted by Crippen LogP contribution is -3.28. The van der Waals surface area contributed by atoms with E-state index in [-0.39, 0.29) is 5.91 Å². The number of benzene rings is 2. The van der Waals surface area contributed by atoms with E-state index in [1.165, 1.54) is 21.6 Å². The third-order valence-electron chi connectivity index (χ3n) is 5.69. The molecule has 1 aliphatic heterocycles. The largest absolute Gasteiger partial charge is 0.493 e. The van der Waals surface area contributed by atoms with Crippen LogP contribution < -0.4 is 24.6 Å². The number of methoxy groups -OCH3 is 2. The first-order chi connectivity index (χ1) is 14.0. The fraction of sp³-hybridized carbons (Fsp3) is 0.435. The van der Waals surface area contributed by atoms with Crippen LogP contribution in [0.15, 0.2) is 36.4 Å². The summed E-state index contributed by atoms with van der Waals surface area (Å²) in [6.45, 7) is 9.77. The van der Waals surface area contributed by atoms with Gasteiger partial charge in [-0.1, -0.05) is 17.7 Å². The molecule has 1 amide bonds. The van der Waals surface area contributed by atoms with Crippen molar-refractivity contribution in [2.75, 3.05) is 52.3 Å². The van der Waals surface area contributed by atoms with Gasteiger partial charge in [0, 0.05) is 11.3 Å². The Kier molecular flexibility index (Phi) is 7.12. The fourth-order valence-electron chi connectivity index (χ4n) is 3.86. The lowest BCUT2D eigenvalue weighted by atomic mass is 10.1. The number of anilines is 1. The average Bonchev–Trinajstić information content (AvgIpc) is 2.72. The maximum Gasteiger partial charge on any atom is 0.279 e. The van der Waals surface area contributed by atoms with E-state index in [4.69, 9.17) is 9.47 Å². The maximum atomic E-state index is 12.3. The lowest BCUT2D eigenvalue weighted by Gasteiger charge is -2.29. The molecule has 0 bridgehead atoms. The van der Waals surface area contributed by atoms with Gasteiger partial charge in [-0.15, -0.1) is 0 Å². The van der Waals surface area contributed by atoms with Crippen LogP contribution in [0.25, 0.3) is 0 Å². The van der Waals surface area contributed by atoms with E-state index >= 15 is 0 Å². The summed E-state index contributed by atoms with van der Waals surface area (Å²) in [6, 6.07) is 12.1. The van der Waals surface area contributed by atoms with Gasteiger partial charge in [-0.25, -0.2) is 0 Å². The van der Waals surface area contributed by atoms with Gasteiger partial charge in [0.1, 0.15) is 32.7 Å². The Morgan fingerprint density at radius 1 is 0.931 bits per heavy atom. The Labute approximate surface area is 173 Å². The quantitative estimate of drug-likeness (QED) is 0.625. The number of carbonyl (C=O) groups excluding carboxylic acids is 1. The molecule has 1 aliphatic rings. The molecule has 2 aromatic rings. The highest BCUT2D eigenvalue weighted by Crippen LogP contribution is 2.29. The van der Waals surface area contributed by atoms with Crippen molar-refractivity contribution in [2.45, 2.75) is 20.4 Å². The number of ether oxygens (including phenoxy) is 2. The lowest BCUT2D eigenvalue weighted by molar-refractivity contribution is -1.02. The maximum absolute atomic E-state index is 12.3. The molecule has 3 N–H and O–H groups in total. The highest BCUT2D eigenvalue weighted by molar-refractivity contribution is 5.91. The average molecular weight is 400 g/mol. The number of amides is 1. The van der Waals surface area contributed by atoms with Crippen LogP contribution >= 0.6 is 0 Å². The molecule has 1 saturated heterocycles. The van der Waals surface area contributed by atoms with Gasteiger partial charge in [0.15, 0.2) is 18.0 Å². The number of carbonyl (C=O) groups is 1. The van der Waals surface area contributed by atoms with Gasteiger partial charge in [0.25, 0.3) is 5.91 Å². The molecule has 0 radical (unpaired) electrons. The SMILES string of the molecule is COc1cc(C)c(C[NH+]2CC[NH+](CC(=O)Nc3ccc(C)cc3)CC2)cc1OC. The molecule has 0 saturated carbocycles. The number of hydrogen-bond acceptors (Lipinski definition) is 3. The van der Waals surface area contributed by atoms with E-state index in [0.29, 0.717) is 6.54 Å². The number of hydrogen-bond donors (Lipinski definition) is 3. The molecule has 6 nitrogen and oxygen atoms in total. The van der Waals surface area contributed by atoms with Gasteiger partial charge in [-0.2, -0.15) is 0 Å². The molecule has 0 aliphatic carbocycles. The van der Waals surface area contributed by atoms with Crippen LogP contribution in [0.1, 0.15) is 16.7 Å². The second-order valence-electron chi connectivity index (χ2n) is 7.90. The summed E-state index contributed by atoms with van der Waals surface area (Å²) in [6.07, 6.45) is 0. The van der Waals surface area contributed by atoms with E-state index < -0.39 is 0 Å². The van der Waals surface area contributed by atoms with Crippen molar-refractivity contribution in [1.82, 2.24) is 0 Å². The molecule has 156 valence electrons. The predicted molar refractivity (Wildman–Crippen MR) is 114 cm³/mol. The number of rotatable bonds is 7. The zero-order chi connectivity index (χ0) is 20.8. The molecule has 0 unspecified atom stereocenters. The van der Waals surface area contributed by atoms with E-state index in [1.54, 1.807) is 19.1 Å². The minimum atomic E-state index is 0.0861. The number of aryl methyl sites for hydroxylation is 2. The molecule has 2 aromatic carbocycles. The van der Waals surface area contributed by atoms with Crippen LogP contribution in [-0.4, -0.2) is 52.9 Å². The third-order valence-corrected chi connectivity index (χ3v) is 5.69. The standard InChI is InChI=1S/C23H31N3O3/c1-17-5-7-20(8-6-17)24-23(27)16-26-11-9-25(10-12-26)15-19-14-22(29-4)21(28-3)13-18(19)2/h5-8,13-14H,9-12,15-16H2,1-4H3,(H,24,27)/p+2. The monoisotopic (exact) mass is 399 g/mol. The Morgan fingerprint density at radius 3 is 2.14 bits per heavy atom. The minimum absolute atomic E-state index is 0.0861. The van der Waals surface area contributed by atoms with E-state index in [0.717, 1.165) is 49.9 Å². The Hall–Kier alpha value is -2.57. The van der Waals surface area contributed by atoms with Gasteiger partial charge >= 0.3 is 0 Å². The first-order valence-electron chi connectivity index (χ1n) is 10.2. The summed E-state index contributed by atoms with van der Waals surface area (Å²) >= 11 is 0. The molecular formula is C23H33N3O3+2. The van der Waals surface area contributed by atoms with Gasteiger partial charge in [0.2, 0.25) is 0 Å². The summed E-state index contributed by atoms with van der Waals surface area (Å²) in [5.74, 6) is 1.64. The number of nitrogens with one attached hydrogen (secondary N) is 3. The Morgan fingerprint density at radius 2 is 1.52 bits per heavy atom. The topological polar surface area (TPSA) is 56.4 Å². The zero-order valence-corrected chi connectivity index (χ0v) is 17.9. The molecule has 1 heterocycles. The summed E-state index contributed by atoms with van der Waals surface area (Å²) in [5.41, 5.74) is 4.58. The molecule has 0 aromatic heterocycles. The van der Waals surface area contributed by atoms with Crippen molar-refractivity contribution < 1.29 is 24.1 Å². The first kappa shape index (κ1) is 21.1. The third kappa shape index (κ3) is 5.71. The molecule has 6 heteroatoms. The van der Waals surface area contributed by atoms with Gasteiger partial charge < -0.3 is 24.6 Å². The molecule has 0 atom stereocenters. The minimum Gasteiger partial charge on any atom is -0.493 e. The van der Waals surface area contributed by atoms with E-state index in [2.05, 4.69) is 18.3 Å². The van der Waals surface area contributed by atoms with Crippen molar-refractivity contribution in [3.05, 3.63) is 53.1 Å². The normalized spacial score (nSPS) is 18.9. The van der Waals surface area contributed by atoms with Crippen LogP contribution in [0, 0.1) is 13.8 Å². The van der Waals surface area contributed by atoms with Gasteiger partial charge in [-0.05, 0) is 43.7 Å². The number of quaternary nitrogens is 2. The second kappa shape index (κ2) is 9.76. The van der Waals surface area contributed by atoms with Crippen LogP contribution in [0.4, 0.5) is 5.69 Å². The van der Waals surface area contributed by atoms with Crippen molar-refractivity contribution in [3.63, 3.8) is 0 Å². The summed E-state index contributed by atoms with van der Waals surface area (Å²) in [4.78, 5) is 15.2. The zero-order valence-electron chi connectivity index (χ0n) is 17.9. The number of piperazine rings is 1. The summed E-state index contributed by atoms with van der Waals surface area (Å²) < 4.78 is 10.8. The van der Waals surface area contributed by atoms with Gasteiger partial charge in [-0.3, -0.25) is 4.79 Å². The smallest absolute Gasteiger partial charge is 0.279 e. The van der Waals surface area contributed by atoms with Crippen molar-refractivity contribution in [1.29, 1.82) is 0 Å². The first-order valence-corrected chi connectivity index (χ1v) is 10.2. The van der Waals surface area contributed by atoms with Crippen molar-refractivity contribution in [3.8, 4) is 11.5 Å². The Bertz CT molecular complexity index is 828. The predicted octanol–water partition coefficient (Wildman–Crippen LogP) is 0.243. The fourth-order valence-corrected chi connectivity index (χ4v) is 3.86. The molecular weight excluding hydrogens is 366 g/mol. The van der Waals surface area contributed by atoms with Crippen LogP contribution in [0.2, 0.25) is 0 Å². The van der Waals surface area contributed by atoms with Crippen LogP contribution in [-0.2, 0) is 11.3 Å². The van der Waals surface area contributed by atoms with Crippen molar-refractivity contribution >= 4 is 11.6 Å². The second-order valence-corrected chi connectivity index (χ2v) is 7.90. The highest BCUT2D eigenvalue weighted by Gasteiger charge is 2.25. The molecule has 29 heavy (non-hydrogen) atoms. The highest BCUT2D eigenvalue weighted by atomic mass is 16.5. The van der Waals surface area contributed by atoms with E-state index in [9.17, 15) is 4.79 Å². The van der Waals surface area contributed by atoms with Crippen LogP contribution in [0.3, 0.4) is 0 Å². The van der Waals surface area contributed by atoms with E-state index in [1.807, 2.05) is 37.3 Å². The van der Waals surface area contributed by atoms with Crippen LogP contribution in [0.5, 0.6) is 11.5 Å². The Balaban J connectivity index is 1.49. The van der Waals surface area contributed by atoms with Gasteiger partial charge in [0.05, 0.1) is 14.2 Å². The summed E-state index contributed by atoms with van der Waals surface area (Å²) in [7, 11) is 3.34.